The van der Waals surface area contributed by atoms with Crippen molar-refractivity contribution >= 4 is 33.0 Å². The van der Waals surface area contributed by atoms with Crippen molar-refractivity contribution in [2.45, 2.75) is 20.3 Å². The summed E-state index contributed by atoms with van der Waals surface area (Å²) in [4.78, 5) is 0.115. The number of thiocarbonyl (C=S) groups is 1. The third-order valence-corrected chi connectivity index (χ3v) is 3.92. The molecule has 0 aliphatic heterocycles. The van der Waals surface area contributed by atoms with Crippen molar-refractivity contribution in [3.05, 3.63) is 11.8 Å². The smallest absolute Gasteiger partial charge is 0.233 e. The molecule has 0 radical (unpaired) electrons. The Morgan fingerprint density at radius 3 is 2.72 bits per heavy atom. The molecule has 0 aliphatic carbocycles. The van der Waals surface area contributed by atoms with E-state index >= 15 is 0 Å². The highest BCUT2D eigenvalue weighted by atomic mass is 32.2. The van der Waals surface area contributed by atoms with Crippen molar-refractivity contribution < 1.29 is 8.42 Å². The van der Waals surface area contributed by atoms with Gasteiger partial charge in [-0.2, -0.15) is 5.10 Å². The van der Waals surface area contributed by atoms with E-state index < -0.39 is 10.0 Å². The Hall–Kier alpha value is -1.15. The Kier molecular flexibility index (Phi) is 4.69. The maximum Gasteiger partial charge on any atom is 0.233 e. The van der Waals surface area contributed by atoms with Gasteiger partial charge < -0.3 is 5.73 Å². The second kappa shape index (κ2) is 5.66. The Bertz CT molecular complexity index is 534. The Morgan fingerprint density at radius 2 is 2.22 bits per heavy atom. The van der Waals surface area contributed by atoms with E-state index in [1.807, 2.05) is 13.8 Å². The minimum Gasteiger partial charge on any atom is -0.389 e. The Balaban J connectivity index is 2.90. The van der Waals surface area contributed by atoms with Crippen molar-refractivity contribution in [1.29, 1.82) is 0 Å². The van der Waals surface area contributed by atoms with E-state index in [9.17, 15) is 8.42 Å². The molecule has 0 amide bonds. The van der Waals surface area contributed by atoms with Gasteiger partial charge in [0.05, 0.1) is 17.5 Å². The van der Waals surface area contributed by atoms with Gasteiger partial charge in [-0.05, 0) is 12.3 Å². The Labute approximate surface area is 113 Å². The normalized spacial score (nSPS) is 11.8. The molecule has 3 N–H and O–H groups in total. The van der Waals surface area contributed by atoms with Crippen molar-refractivity contribution in [1.82, 2.24) is 9.78 Å². The summed E-state index contributed by atoms with van der Waals surface area (Å²) in [6.45, 7) is 3.94. The van der Waals surface area contributed by atoms with Crippen LogP contribution in [0.5, 0.6) is 0 Å². The van der Waals surface area contributed by atoms with Crippen molar-refractivity contribution in [2.75, 3.05) is 10.5 Å². The average Bonchev–Trinajstić information content (AvgIpc) is 2.57. The van der Waals surface area contributed by atoms with E-state index in [1.165, 1.54) is 10.9 Å². The number of aryl methyl sites for hydroxylation is 1. The van der Waals surface area contributed by atoms with Gasteiger partial charge in [0.1, 0.15) is 10.8 Å². The van der Waals surface area contributed by atoms with Crippen LogP contribution in [0.25, 0.3) is 0 Å². The van der Waals surface area contributed by atoms with Gasteiger partial charge in [-0.3, -0.25) is 9.40 Å². The molecule has 0 aromatic carbocycles. The van der Waals surface area contributed by atoms with Gasteiger partial charge in [-0.15, -0.1) is 0 Å². The molecule has 0 saturated heterocycles. The van der Waals surface area contributed by atoms with Gasteiger partial charge in [0, 0.05) is 7.05 Å². The number of sulfonamides is 1. The van der Waals surface area contributed by atoms with Crippen LogP contribution in [0.4, 0.5) is 5.82 Å². The monoisotopic (exact) mass is 290 g/mol. The zero-order chi connectivity index (χ0) is 13.9. The molecule has 1 aromatic rings. The lowest BCUT2D eigenvalue weighted by molar-refractivity contribution is 0.577. The van der Waals surface area contributed by atoms with Crippen molar-refractivity contribution in [3.63, 3.8) is 0 Å². The number of nitrogens with zero attached hydrogens (tertiary/aromatic N) is 2. The highest BCUT2D eigenvalue weighted by Crippen LogP contribution is 2.16. The minimum absolute atomic E-state index is 0.0621. The highest BCUT2D eigenvalue weighted by molar-refractivity contribution is 7.92. The molecule has 1 rings (SSSR count). The number of aromatic nitrogens is 2. The lowest BCUT2D eigenvalue weighted by Crippen LogP contribution is -2.22. The molecule has 0 atom stereocenters. The highest BCUT2D eigenvalue weighted by Gasteiger charge is 2.18. The van der Waals surface area contributed by atoms with Gasteiger partial charge in [-0.1, -0.05) is 26.1 Å². The Morgan fingerprint density at radius 1 is 1.61 bits per heavy atom. The van der Waals surface area contributed by atoms with Crippen LogP contribution in [-0.4, -0.2) is 28.9 Å². The summed E-state index contributed by atoms with van der Waals surface area (Å²) in [6, 6.07) is 0. The van der Waals surface area contributed by atoms with Gasteiger partial charge in [0.25, 0.3) is 0 Å². The molecular weight excluding hydrogens is 272 g/mol. The van der Waals surface area contributed by atoms with Gasteiger partial charge in [-0.25, -0.2) is 8.42 Å². The van der Waals surface area contributed by atoms with E-state index in [0.717, 1.165) is 0 Å². The summed E-state index contributed by atoms with van der Waals surface area (Å²) in [5, 5.41) is 3.94. The molecule has 1 aromatic heterocycles. The second-order valence-electron chi connectivity index (χ2n) is 4.50. The van der Waals surface area contributed by atoms with Crippen LogP contribution >= 0.6 is 12.2 Å². The molecule has 0 bridgehead atoms. The zero-order valence-electron chi connectivity index (χ0n) is 10.7. The van der Waals surface area contributed by atoms with Crippen LogP contribution < -0.4 is 10.5 Å². The van der Waals surface area contributed by atoms with Gasteiger partial charge in [0.15, 0.2) is 0 Å². The van der Waals surface area contributed by atoms with Crippen molar-refractivity contribution in [3.8, 4) is 0 Å². The van der Waals surface area contributed by atoms with E-state index in [-0.39, 0.29) is 10.7 Å². The van der Waals surface area contributed by atoms with Crippen LogP contribution in [0.15, 0.2) is 6.20 Å². The molecule has 6 nitrogen and oxygen atoms in total. The third-order valence-electron chi connectivity index (χ3n) is 2.42. The number of nitrogens with one attached hydrogen (secondary N) is 1. The van der Waals surface area contributed by atoms with E-state index in [4.69, 9.17) is 18.0 Å². The first kappa shape index (κ1) is 14.9. The third kappa shape index (κ3) is 3.95. The molecule has 18 heavy (non-hydrogen) atoms. The summed E-state index contributed by atoms with van der Waals surface area (Å²) < 4.78 is 27.7. The molecule has 0 saturated carbocycles. The summed E-state index contributed by atoms with van der Waals surface area (Å²) in [7, 11) is -1.78. The molecule has 1 heterocycles. The fourth-order valence-corrected chi connectivity index (χ4v) is 2.90. The number of hydrogen-bond donors (Lipinski definition) is 2. The zero-order valence-corrected chi connectivity index (χ0v) is 12.3. The number of hydrogen-bond acceptors (Lipinski definition) is 4. The largest absolute Gasteiger partial charge is 0.389 e. The second-order valence-corrected chi connectivity index (χ2v) is 6.78. The van der Waals surface area contributed by atoms with Gasteiger partial charge in [0.2, 0.25) is 10.0 Å². The quantitative estimate of drug-likeness (QED) is 0.758. The van der Waals surface area contributed by atoms with Gasteiger partial charge >= 0.3 is 0 Å². The van der Waals surface area contributed by atoms with Crippen LogP contribution in [0.3, 0.4) is 0 Å². The molecular formula is C10H18N4O2S2. The summed E-state index contributed by atoms with van der Waals surface area (Å²) >= 11 is 4.85. The molecule has 0 unspecified atom stereocenters. The van der Waals surface area contributed by atoms with E-state index in [0.29, 0.717) is 23.7 Å². The standard InChI is InChI=1S/C10H18N4O2S2/c1-7(2)4-5-18(15,16)13-10-8(9(11)17)6-12-14(10)3/h6-7,13H,4-5H2,1-3H3,(H2,11,17). The molecule has 0 spiro atoms. The minimum atomic E-state index is -3.40. The van der Waals surface area contributed by atoms with Crippen LogP contribution in [0, 0.1) is 5.92 Å². The first-order valence-electron chi connectivity index (χ1n) is 5.55. The molecule has 0 aliphatic rings. The maximum absolute atomic E-state index is 11.9. The lowest BCUT2D eigenvalue weighted by Gasteiger charge is -2.11. The maximum atomic E-state index is 11.9. The number of rotatable bonds is 6. The molecule has 102 valence electrons. The first-order chi connectivity index (χ1) is 8.23. The predicted molar refractivity (Wildman–Crippen MR) is 76.0 cm³/mol. The lowest BCUT2D eigenvalue weighted by atomic mass is 10.2. The van der Waals surface area contributed by atoms with Crippen LogP contribution in [0.2, 0.25) is 0 Å². The van der Waals surface area contributed by atoms with Crippen molar-refractivity contribution in [2.24, 2.45) is 18.7 Å². The fourth-order valence-electron chi connectivity index (χ4n) is 1.33. The van der Waals surface area contributed by atoms with Crippen LogP contribution in [0.1, 0.15) is 25.8 Å². The summed E-state index contributed by atoms with van der Waals surface area (Å²) in [5.41, 5.74) is 5.94. The first-order valence-corrected chi connectivity index (χ1v) is 7.61. The number of anilines is 1. The molecule has 0 fully saturated rings. The molecule has 8 heteroatoms. The average molecular weight is 290 g/mol. The summed E-state index contributed by atoms with van der Waals surface area (Å²) in [5.74, 6) is 0.696. The van der Waals surface area contributed by atoms with E-state index in [1.54, 1.807) is 7.05 Å². The topological polar surface area (TPSA) is 90.0 Å². The number of nitrogens with two attached hydrogens (primary N) is 1. The predicted octanol–water partition coefficient (Wildman–Crippen LogP) is 0.842. The fraction of sp³-hybridized carbons (Fsp3) is 0.600. The van der Waals surface area contributed by atoms with E-state index in [2.05, 4.69) is 9.82 Å². The summed E-state index contributed by atoms with van der Waals surface area (Å²) in [6.07, 6.45) is 2.04. The van der Waals surface area contributed by atoms with Crippen LogP contribution in [-0.2, 0) is 17.1 Å². The SMILES string of the molecule is CC(C)CCS(=O)(=O)Nc1c(C(N)=S)cnn1C.